The normalized spacial score (nSPS) is 15.3. The molecule has 0 spiro atoms. The minimum atomic E-state index is -0.531. The van der Waals surface area contributed by atoms with Crippen molar-refractivity contribution < 1.29 is 14.7 Å². The van der Waals surface area contributed by atoms with E-state index in [1.54, 1.807) is 6.92 Å². The Hall–Kier alpha value is -2.90. The zero-order valence-electron chi connectivity index (χ0n) is 19.0. The standard InChI is InChI=1S/C25H34N4O3/c1-3-21-9-7-8-12-23(21)26-24(31)18-27-13-15-28(16-14-27)25(32)19-29(17-20(2)30)22-10-5-4-6-11-22/h4-12,20,30H,3,13-19H2,1-2H3,(H,26,31). The molecule has 0 saturated carbocycles. The molecule has 7 heteroatoms. The van der Waals surface area contributed by atoms with Gasteiger partial charge in [-0.05, 0) is 37.1 Å². The van der Waals surface area contributed by atoms with E-state index in [-0.39, 0.29) is 18.4 Å². The lowest BCUT2D eigenvalue weighted by Crippen LogP contribution is -2.53. The second kappa shape index (κ2) is 11.6. The number of hydrogen-bond acceptors (Lipinski definition) is 5. The summed E-state index contributed by atoms with van der Waals surface area (Å²) >= 11 is 0. The molecular formula is C25H34N4O3. The monoisotopic (exact) mass is 438 g/mol. The molecule has 0 bridgehead atoms. The van der Waals surface area contributed by atoms with Crippen LogP contribution in [0, 0.1) is 0 Å². The molecule has 1 saturated heterocycles. The molecule has 7 nitrogen and oxygen atoms in total. The van der Waals surface area contributed by atoms with E-state index in [4.69, 9.17) is 0 Å². The summed E-state index contributed by atoms with van der Waals surface area (Å²) in [6.45, 7) is 7.25. The van der Waals surface area contributed by atoms with Gasteiger partial charge in [0.25, 0.3) is 0 Å². The van der Waals surface area contributed by atoms with Crippen LogP contribution >= 0.6 is 0 Å². The largest absolute Gasteiger partial charge is 0.392 e. The molecule has 1 unspecified atom stereocenters. The van der Waals surface area contributed by atoms with Crippen LogP contribution in [0.2, 0.25) is 0 Å². The first kappa shape index (κ1) is 23.8. The highest BCUT2D eigenvalue weighted by molar-refractivity contribution is 5.93. The Labute approximate surface area is 190 Å². The first-order valence-electron chi connectivity index (χ1n) is 11.3. The molecule has 1 fully saturated rings. The second-order valence-corrected chi connectivity index (χ2v) is 8.28. The molecule has 172 valence electrons. The van der Waals surface area contributed by atoms with Crippen molar-refractivity contribution in [2.75, 3.05) is 56.0 Å². The van der Waals surface area contributed by atoms with E-state index in [1.165, 1.54) is 0 Å². The summed E-state index contributed by atoms with van der Waals surface area (Å²) in [5.74, 6) is 0.00772. The van der Waals surface area contributed by atoms with Crippen molar-refractivity contribution in [3.05, 3.63) is 60.2 Å². The van der Waals surface area contributed by atoms with E-state index in [9.17, 15) is 14.7 Å². The highest BCUT2D eigenvalue weighted by Crippen LogP contribution is 2.16. The third kappa shape index (κ3) is 6.80. The number of carbonyl (C=O) groups is 2. The molecule has 2 aromatic rings. The van der Waals surface area contributed by atoms with Gasteiger partial charge < -0.3 is 20.2 Å². The highest BCUT2D eigenvalue weighted by Gasteiger charge is 2.24. The summed E-state index contributed by atoms with van der Waals surface area (Å²) < 4.78 is 0. The van der Waals surface area contributed by atoms with Gasteiger partial charge in [0.2, 0.25) is 11.8 Å². The van der Waals surface area contributed by atoms with Gasteiger partial charge in [-0.3, -0.25) is 14.5 Å². The van der Waals surface area contributed by atoms with Crippen molar-refractivity contribution in [3.63, 3.8) is 0 Å². The lowest BCUT2D eigenvalue weighted by Gasteiger charge is -2.36. The van der Waals surface area contributed by atoms with Crippen LogP contribution in [-0.2, 0) is 16.0 Å². The molecule has 0 aromatic heterocycles. The summed E-state index contributed by atoms with van der Waals surface area (Å²) in [5, 5.41) is 12.9. The van der Waals surface area contributed by atoms with Gasteiger partial charge in [-0.1, -0.05) is 43.3 Å². The number of aliphatic hydroxyl groups is 1. The number of aryl methyl sites for hydroxylation is 1. The molecule has 32 heavy (non-hydrogen) atoms. The van der Waals surface area contributed by atoms with E-state index < -0.39 is 6.10 Å². The number of piperazine rings is 1. The average Bonchev–Trinajstić information content (AvgIpc) is 2.79. The van der Waals surface area contributed by atoms with Crippen molar-refractivity contribution in [1.82, 2.24) is 9.80 Å². The summed E-state index contributed by atoms with van der Waals surface area (Å²) in [6.07, 6.45) is 0.336. The number of benzene rings is 2. The smallest absolute Gasteiger partial charge is 0.242 e. The van der Waals surface area contributed by atoms with Crippen molar-refractivity contribution in [1.29, 1.82) is 0 Å². The summed E-state index contributed by atoms with van der Waals surface area (Å²) in [4.78, 5) is 31.3. The second-order valence-electron chi connectivity index (χ2n) is 8.28. The molecule has 1 atom stereocenters. The van der Waals surface area contributed by atoms with Crippen LogP contribution in [0.15, 0.2) is 54.6 Å². The molecule has 1 aliphatic rings. The maximum Gasteiger partial charge on any atom is 0.242 e. The molecule has 3 rings (SSSR count). The van der Waals surface area contributed by atoms with Crippen LogP contribution in [-0.4, -0.2) is 78.6 Å². The van der Waals surface area contributed by atoms with E-state index in [0.29, 0.717) is 39.3 Å². The maximum atomic E-state index is 12.9. The SMILES string of the molecule is CCc1ccccc1NC(=O)CN1CCN(C(=O)CN(CC(C)O)c2ccccc2)CC1. The van der Waals surface area contributed by atoms with Gasteiger partial charge in [0.1, 0.15) is 0 Å². The third-order valence-electron chi connectivity index (χ3n) is 5.70. The Bertz CT molecular complexity index is 880. The molecule has 2 amide bonds. The number of nitrogens with one attached hydrogen (secondary N) is 1. The van der Waals surface area contributed by atoms with Crippen LogP contribution in [0.25, 0.3) is 0 Å². The summed E-state index contributed by atoms with van der Waals surface area (Å²) in [5.41, 5.74) is 2.91. The Morgan fingerprint density at radius 2 is 1.69 bits per heavy atom. The lowest BCUT2D eigenvalue weighted by atomic mass is 10.1. The fourth-order valence-corrected chi connectivity index (χ4v) is 3.98. The van der Waals surface area contributed by atoms with Crippen molar-refractivity contribution >= 4 is 23.2 Å². The minimum Gasteiger partial charge on any atom is -0.392 e. The van der Waals surface area contributed by atoms with Gasteiger partial charge in [-0.2, -0.15) is 0 Å². The molecule has 2 aromatic carbocycles. The maximum absolute atomic E-state index is 12.9. The molecule has 2 N–H and O–H groups in total. The topological polar surface area (TPSA) is 76.1 Å². The van der Waals surface area contributed by atoms with Gasteiger partial charge in [-0.15, -0.1) is 0 Å². The summed E-state index contributed by atoms with van der Waals surface area (Å²) in [6, 6.07) is 17.5. The number of hydrogen-bond donors (Lipinski definition) is 2. The first-order valence-corrected chi connectivity index (χ1v) is 11.3. The lowest BCUT2D eigenvalue weighted by molar-refractivity contribution is -0.131. The van der Waals surface area contributed by atoms with Gasteiger partial charge in [0, 0.05) is 44.1 Å². The predicted octanol–water partition coefficient (Wildman–Crippen LogP) is 2.22. The number of rotatable bonds is 9. The van der Waals surface area contributed by atoms with Crippen molar-refractivity contribution in [2.24, 2.45) is 0 Å². The fraction of sp³-hybridized carbons (Fsp3) is 0.440. The highest BCUT2D eigenvalue weighted by atomic mass is 16.3. The van der Waals surface area contributed by atoms with Crippen LogP contribution in [0.4, 0.5) is 11.4 Å². The molecule has 1 heterocycles. The predicted molar refractivity (Wildman–Crippen MR) is 128 cm³/mol. The average molecular weight is 439 g/mol. The van der Waals surface area contributed by atoms with Crippen molar-refractivity contribution in [3.8, 4) is 0 Å². The van der Waals surface area contributed by atoms with Crippen LogP contribution in [0.5, 0.6) is 0 Å². The van der Waals surface area contributed by atoms with Crippen LogP contribution in [0.1, 0.15) is 19.4 Å². The number of nitrogens with zero attached hydrogens (tertiary/aromatic N) is 3. The molecule has 0 aliphatic carbocycles. The Morgan fingerprint density at radius 1 is 1.03 bits per heavy atom. The Kier molecular flexibility index (Phi) is 8.64. The Balaban J connectivity index is 1.49. The quantitative estimate of drug-likeness (QED) is 0.628. The van der Waals surface area contributed by atoms with E-state index in [0.717, 1.165) is 23.4 Å². The number of anilines is 2. The summed E-state index contributed by atoms with van der Waals surface area (Å²) in [7, 11) is 0. The van der Waals surface area contributed by atoms with Crippen LogP contribution < -0.4 is 10.2 Å². The number of para-hydroxylation sites is 2. The molecule has 0 radical (unpaired) electrons. The van der Waals surface area contributed by atoms with Gasteiger partial charge in [0.05, 0.1) is 19.2 Å². The van der Waals surface area contributed by atoms with Gasteiger partial charge in [0.15, 0.2) is 0 Å². The molecular weight excluding hydrogens is 404 g/mol. The van der Waals surface area contributed by atoms with E-state index in [1.807, 2.05) is 64.4 Å². The zero-order chi connectivity index (χ0) is 22.9. The van der Waals surface area contributed by atoms with E-state index in [2.05, 4.69) is 17.1 Å². The number of aliphatic hydroxyl groups excluding tert-OH is 1. The number of carbonyl (C=O) groups excluding carboxylic acids is 2. The van der Waals surface area contributed by atoms with E-state index >= 15 is 0 Å². The van der Waals surface area contributed by atoms with Gasteiger partial charge in [-0.25, -0.2) is 0 Å². The van der Waals surface area contributed by atoms with Gasteiger partial charge >= 0.3 is 0 Å². The fourth-order valence-electron chi connectivity index (χ4n) is 3.98. The van der Waals surface area contributed by atoms with Crippen molar-refractivity contribution in [2.45, 2.75) is 26.4 Å². The minimum absolute atomic E-state index is 0.0298. The zero-order valence-corrected chi connectivity index (χ0v) is 19.0. The first-order chi connectivity index (χ1) is 15.5. The van der Waals surface area contributed by atoms with Crippen LogP contribution in [0.3, 0.4) is 0 Å². The molecule has 1 aliphatic heterocycles. The Morgan fingerprint density at radius 3 is 2.34 bits per heavy atom. The third-order valence-corrected chi connectivity index (χ3v) is 5.70. The number of amides is 2.